The van der Waals surface area contributed by atoms with E-state index in [-0.39, 0.29) is 24.4 Å². The number of carboxylic acid groups (broad SMARTS) is 1. The third-order valence-electron chi connectivity index (χ3n) is 1.63. The van der Waals surface area contributed by atoms with E-state index in [0.29, 0.717) is 6.54 Å². The number of likely N-dealkylation sites (N-methyl/N-ethyl adjacent to an activating group) is 1. The van der Waals surface area contributed by atoms with Gasteiger partial charge in [0.15, 0.2) is 0 Å². The van der Waals surface area contributed by atoms with Crippen LogP contribution in [-0.2, 0) is 9.59 Å². The van der Waals surface area contributed by atoms with Crippen molar-refractivity contribution >= 4 is 24.3 Å². The van der Waals surface area contributed by atoms with Gasteiger partial charge in [0.2, 0.25) is 5.91 Å². The van der Waals surface area contributed by atoms with E-state index in [4.69, 9.17) is 5.11 Å². The summed E-state index contributed by atoms with van der Waals surface area (Å²) in [5, 5.41) is 13.8. The molecule has 0 aliphatic rings. The zero-order chi connectivity index (χ0) is 10.4. The number of hydrogen-bond acceptors (Lipinski definition) is 3. The van der Waals surface area contributed by atoms with Crippen LogP contribution in [0.2, 0.25) is 0 Å². The zero-order valence-corrected chi connectivity index (χ0v) is 9.35. The lowest BCUT2D eigenvalue weighted by atomic mass is 10.2. The van der Waals surface area contributed by atoms with Gasteiger partial charge in [0.05, 0.1) is 6.04 Å². The molecule has 14 heavy (non-hydrogen) atoms. The first-order valence-corrected chi connectivity index (χ1v) is 4.25. The van der Waals surface area contributed by atoms with Gasteiger partial charge in [-0.3, -0.25) is 9.59 Å². The van der Waals surface area contributed by atoms with Gasteiger partial charge in [0, 0.05) is 0 Å². The number of nitrogens with one attached hydrogen (secondary N) is 2. The molecule has 5 nitrogen and oxygen atoms in total. The molecule has 0 heterocycles. The lowest BCUT2D eigenvalue weighted by molar-refractivity contribution is -0.141. The highest BCUT2D eigenvalue weighted by Crippen LogP contribution is 1.86. The number of carboxylic acids is 1. The summed E-state index contributed by atoms with van der Waals surface area (Å²) in [5.74, 6) is -1.33. The lowest BCUT2D eigenvalue weighted by Crippen LogP contribution is -2.47. The second kappa shape index (κ2) is 7.58. The largest absolute Gasteiger partial charge is 0.480 e. The smallest absolute Gasteiger partial charge is 0.325 e. The molecule has 1 amide bonds. The molecule has 6 heteroatoms. The van der Waals surface area contributed by atoms with Gasteiger partial charge in [0.1, 0.15) is 6.04 Å². The summed E-state index contributed by atoms with van der Waals surface area (Å²) in [6.07, 6.45) is 0. The Labute approximate surface area is 89.7 Å². The molecule has 0 saturated heterocycles. The standard InChI is InChI=1S/C8H16N2O3.ClH/c1-4-9-5(2)7(11)10-6(3)8(12)13;/h5-6,9H,4H2,1-3H3,(H,10,11)(H,12,13);1H/t5-,6-;/m0./s1. The van der Waals surface area contributed by atoms with Gasteiger partial charge in [0.25, 0.3) is 0 Å². The van der Waals surface area contributed by atoms with Crippen LogP contribution < -0.4 is 10.6 Å². The van der Waals surface area contributed by atoms with Crippen molar-refractivity contribution < 1.29 is 14.7 Å². The lowest BCUT2D eigenvalue weighted by Gasteiger charge is -2.14. The molecule has 0 fully saturated rings. The van der Waals surface area contributed by atoms with Crippen LogP contribution >= 0.6 is 12.4 Å². The molecule has 0 aromatic carbocycles. The van der Waals surface area contributed by atoms with E-state index >= 15 is 0 Å². The number of aliphatic carboxylic acids is 1. The molecule has 0 bridgehead atoms. The second-order valence-corrected chi connectivity index (χ2v) is 2.85. The minimum atomic E-state index is -1.03. The summed E-state index contributed by atoms with van der Waals surface area (Å²) in [5.41, 5.74) is 0. The van der Waals surface area contributed by atoms with Crippen molar-refractivity contribution in [3.8, 4) is 0 Å². The van der Waals surface area contributed by atoms with Crippen LogP contribution in [0.15, 0.2) is 0 Å². The molecule has 0 unspecified atom stereocenters. The third kappa shape index (κ3) is 5.77. The van der Waals surface area contributed by atoms with E-state index in [1.165, 1.54) is 6.92 Å². The molecule has 2 atom stereocenters. The molecule has 0 spiro atoms. The Bertz CT molecular complexity index is 199. The van der Waals surface area contributed by atoms with Crippen molar-refractivity contribution in [3.05, 3.63) is 0 Å². The van der Waals surface area contributed by atoms with Crippen molar-refractivity contribution in [1.29, 1.82) is 0 Å². The Hall–Kier alpha value is -0.810. The minimum Gasteiger partial charge on any atom is -0.480 e. The van der Waals surface area contributed by atoms with Gasteiger partial charge in [-0.1, -0.05) is 6.92 Å². The van der Waals surface area contributed by atoms with E-state index in [1.54, 1.807) is 6.92 Å². The molecule has 0 aromatic rings. The zero-order valence-electron chi connectivity index (χ0n) is 8.53. The van der Waals surface area contributed by atoms with Crippen LogP contribution in [0.1, 0.15) is 20.8 Å². The number of carbonyl (C=O) groups is 2. The Morgan fingerprint density at radius 1 is 1.29 bits per heavy atom. The highest BCUT2D eigenvalue weighted by Gasteiger charge is 2.17. The van der Waals surface area contributed by atoms with Crippen molar-refractivity contribution in [1.82, 2.24) is 10.6 Å². The normalized spacial score (nSPS) is 13.6. The Morgan fingerprint density at radius 2 is 1.79 bits per heavy atom. The molecule has 0 saturated carbocycles. The molecule has 3 N–H and O–H groups in total. The summed E-state index contributed by atoms with van der Waals surface area (Å²) in [7, 11) is 0. The van der Waals surface area contributed by atoms with Crippen molar-refractivity contribution in [3.63, 3.8) is 0 Å². The molecule has 0 aliphatic carbocycles. The highest BCUT2D eigenvalue weighted by molar-refractivity contribution is 5.86. The monoisotopic (exact) mass is 224 g/mol. The molecular formula is C8H17ClN2O3. The quantitative estimate of drug-likeness (QED) is 0.614. The fourth-order valence-electron chi connectivity index (χ4n) is 0.799. The van der Waals surface area contributed by atoms with Crippen LogP contribution in [0, 0.1) is 0 Å². The number of hydrogen-bond donors (Lipinski definition) is 3. The number of carbonyl (C=O) groups excluding carboxylic acids is 1. The van der Waals surface area contributed by atoms with Crippen LogP contribution in [-0.4, -0.2) is 35.6 Å². The molecule has 84 valence electrons. The number of halogens is 1. The van der Waals surface area contributed by atoms with Crippen molar-refractivity contribution in [2.45, 2.75) is 32.9 Å². The highest BCUT2D eigenvalue weighted by atomic mass is 35.5. The molecule has 0 aromatic heterocycles. The van der Waals surface area contributed by atoms with Crippen molar-refractivity contribution in [2.24, 2.45) is 0 Å². The molecular weight excluding hydrogens is 208 g/mol. The Kier molecular flexibility index (Phi) is 8.48. The van der Waals surface area contributed by atoms with Crippen LogP contribution in [0.5, 0.6) is 0 Å². The topological polar surface area (TPSA) is 78.4 Å². The second-order valence-electron chi connectivity index (χ2n) is 2.85. The number of rotatable bonds is 5. The maximum Gasteiger partial charge on any atom is 0.325 e. The molecule has 0 aliphatic heterocycles. The van der Waals surface area contributed by atoms with E-state index in [1.807, 2.05) is 6.92 Å². The van der Waals surface area contributed by atoms with Crippen LogP contribution in [0.4, 0.5) is 0 Å². The van der Waals surface area contributed by atoms with Gasteiger partial charge < -0.3 is 15.7 Å². The first-order chi connectivity index (χ1) is 5.99. The van der Waals surface area contributed by atoms with Crippen LogP contribution in [0.3, 0.4) is 0 Å². The SMILES string of the molecule is CCN[C@@H](C)C(=O)N[C@@H](C)C(=O)O.Cl. The van der Waals surface area contributed by atoms with Gasteiger partial charge in [-0.15, -0.1) is 12.4 Å². The van der Waals surface area contributed by atoms with E-state index in [9.17, 15) is 9.59 Å². The maximum atomic E-state index is 11.2. The summed E-state index contributed by atoms with van der Waals surface area (Å²) in [6, 6.07) is -1.19. The number of amides is 1. The van der Waals surface area contributed by atoms with Crippen LogP contribution in [0.25, 0.3) is 0 Å². The van der Waals surface area contributed by atoms with E-state index < -0.39 is 12.0 Å². The Morgan fingerprint density at radius 3 is 2.14 bits per heavy atom. The predicted octanol–water partition coefficient (Wildman–Crippen LogP) is -0.00450. The summed E-state index contributed by atoms with van der Waals surface area (Å²) in [4.78, 5) is 21.6. The summed E-state index contributed by atoms with van der Waals surface area (Å²) < 4.78 is 0. The first-order valence-electron chi connectivity index (χ1n) is 4.25. The van der Waals surface area contributed by atoms with Crippen molar-refractivity contribution in [2.75, 3.05) is 6.54 Å². The maximum absolute atomic E-state index is 11.2. The van der Waals surface area contributed by atoms with Gasteiger partial charge >= 0.3 is 5.97 Å². The average molecular weight is 225 g/mol. The van der Waals surface area contributed by atoms with E-state index in [2.05, 4.69) is 10.6 Å². The summed E-state index contributed by atoms with van der Waals surface area (Å²) in [6.45, 7) is 5.67. The third-order valence-corrected chi connectivity index (χ3v) is 1.63. The fourth-order valence-corrected chi connectivity index (χ4v) is 0.799. The predicted molar refractivity (Wildman–Crippen MR) is 55.6 cm³/mol. The Balaban J connectivity index is 0. The first kappa shape index (κ1) is 15.7. The fraction of sp³-hybridized carbons (Fsp3) is 0.750. The molecule has 0 rings (SSSR count). The van der Waals surface area contributed by atoms with Gasteiger partial charge in [-0.05, 0) is 20.4 Å². The minimum absolute atomic E-state index is 0. The average Bonchev–Trinajstić information content (AvgIpc) is 2.04. The van der Waals surface area contributed by atoms with E-state index in [0.717, 1.165) is 0 Å². The van der Waals surface area contributed by atoms with Gasteiger partial charge in [-0.25, -0.2) is 0 Å². The van der Waals surface area contributed by atoms with Gasteiger partial charge in [-0.2, -0.15) is 0 Å². The summed E-state index contributed by atoms with van der Waals surface area (Å²) >= 11 is 0. The molecule has 0 radical (unpaired) electrons.